The van der Waals surface area contributed by atoms with E-state index in [4.69, 9.17) is 5.11 Å². The molecule has 0 aliphatic carbocycles. The van der Waals surface area contributed by atoms with E-state index in [0.29, 0.717) is 5.56 Å². The second kappa shape index (κ2) is 5.04. The minimum absolute atomic E-state index is 0.130. The van der Waals surface area contributed by atoms with Gasteiger partial charge in [0.15, 0.2) is 0 Å². The zero-order valence-electron chi connectivity index (χ0n) is 8.12. The van der Waals surface area contributed by atoms with E-state index in [1.807, 2.05) is 0 Å². The van der Waals surface area contributed by atoms with Crippen molar-refractivity contribution in [2.24, 2.45) is 0 Å². The smallest absolute Gasteiger partial charge is 0.274 e. The minimum Gasteiger partial charge on any atom is -0.545 e. The van der Waals surface area contributed by atoms with E-state index in [2.05, 4.69) is 0 Å². The van der Waals surface area contributed by atoms with Crippen LogP contribution in [-0.4, -0.2) is 16.0 Å². The monoisotopic (exact) mass is 222 g/mol. The van der Waals surface area contributed by atoms with Crippen molar-refractivity contribution in [1.82, 2.24) is 0 Å². The van der Waals surface area contributed by atoms with Crippen molar-refractivity contribution in [2.45, 2.75) is 6.61 Å². The standard InChI is InChI=1S/C10H9NO5/c12-6-8-5-7(2-4-10(13)14)1-3-9(8)11(15)16/h1-5,12H,6H2,(H,13,14)/p-1/b4-2+. The highest BCUT2D eigenvalue weighted by Gasteiger charge is 2.12. The van der Waals surface area contributed by atoms with Crippen molar-refractivity contribution in [1.29, 1.82) is 0 Å². The van der Waals surface area contributed by atoms with Crippen LogP contribution in [0.3, 0.4) is 0 Å². The molecule has 0 atom stereocenters. The van der Waals surface area contributed by atoms with E-state index >= 15 is 0 Å². The molecule has 16 heavy (non-hydrogen) atoms. The predicted octanol–water partition coefficient (Wildman–Crippen LogP) is -0.150. The van der Waals surface area contributed by atoms with Gasteiger partial charge in [-0.2, -0.15) is 0 Å². The molecule has 0 heterocycles. The number of nitrogens with zero attached hydrogens (tertiary/aromatic N) is 1. The number of hydrogen-bond donors (Lipinski definition) is 1. The van der Waals surface area contributed by atoms with Gasteiger partial charge >= 0.3 is 0 Å². The van der Waals surface area contributed by atoms with E-state index in [9.17, 15) is 20.0 Å². The largest absolute Gasteiger partial charge is 0.545 e. The van der Waals surface area contributed by atoms with E-state index in [-0.39, 0.29) is 11.3 Å². The van der Waals surface area contributed by atoms with Crippen LogP contribution in [0.4, 0.5) is 5.69 Å². The molecule has 1 rings (SSSR count). The maximum atomic E-state index is 10.5. The maximum absolute atomic E-state index is 10.5. The molecule has 0 unspecified atom stereocenters. The zero-order valence-corrected chi connectivity index (χ0v) is 8.12. The molecular formula is C10H8NO5-. The molecule has 84 valence electrons. The Morgan fingerprint density at radius 3 is 2.69 bits per heavy atom. The molecule has 0 saturated heterocycles. The van der Waals surface area contributed by atoms with Crippen LogP contribution in [0.2, 0.25) is 0 Å². The van der Waals surface area contributed by atoms with Crippen LogP contribution in [0.5, 0.6) is 0 Å². The van der Waals surface area contributed by atoms with Gasteiger partial charge in [0.05, 0.1) is 23.1 Å². The second-order valence-electron chi connectivity index (χ2n) is 2.96. The third kappa shape index (κ3) is 2.89. The Kier molecular flexibility index (Phi) is 3.73. The lowest BCUT2D eigenvalue weighted by Crippen LogP contribution is -2.18. The molecule has 0 aromatic heterocycles. The van der Waals surface area contributed by atoms with Gasteiger partial charge in [-0.3, -0.25) is 10.1 Å². The molecule has 0 aliphatic rings. The first-order valence-electron chi connectivity index (χ1n) is 4.32. The Bertz CT molecular complexity index is 453. The van der Waals surface area contributed by atoms with Gasteiger partial charge in [-0.05, 0) is 23.8 Å². The summed E-state index contributed by atoms with van der Waals surface area (Å²) in [4.78, 5) is 20.1. The summed E-state index contributed by atoms with van der Waals surface area (Å²) in [6, 6.07) is 3.94. The molecule has 0 radical (unpaired) electrons. The van der Waals surface area contributed by atoms with Crippen LogP contribution in [-0.2, 0) is 11.4 Å². The molecule has 1 N–H and O–H groups in total. The summed E-state index contributed by atoms with van der Waals surface area (Å²) in [6.45, 7) is -0.483. The van der Waals surface area contributed by atoms with Gasteiger partial charge in [0.1, 0.15) is 0 Å². The molecule has 0 spiro atoms. The number of carbonyl (C=O) groups excluding carboxylic acids is 1. The topological polar surface area (TPSA) is 104 Å². The highest BCUT2D eigenvalue weighted by Crippen LogP contribution is 2.20. The Hall–Kier alpha value is -2.21. The molecule has 1 aromatic rings. The SMILES string of the molecule is O=C([O-])/C=C/c1ccc([N+](=O)[O-])c(CO)c1. The van der Waals surface area contributed by atoms with E-state index in [1.54, 1.807) is 0 Å². The number of carboxylic acids is 1. The predicted molar refractivity (Wildman–Crippen MR) is 53.1 cm³/mol. The molecule has 0 amide bonds. The number of nitro groups is 1. The van der Waals surface area contributed by atoms with Crippen molar-refractivity contribution >= 4 is 17.7 Å². The van der Waals surface area contributed by atoms with Gasteiger partial charge in [-0.25, -0.2) is 0 Å². The van der Waals surface area contributed by atoms with Gasteiger partial charge in [0.2, 0.25) is 0 Å². The first-order valence-corrected chi connectivity index (χ1v) is 4.32. The van der Waals surface area contributed by atoms with Crippen LogP contribution in [0.15, 0.2) is 24.3 Å². The molecule has 6 nitrogen and oxygen atoms in total. The molecular weight excluding hydrogens is 214 g/mol. The molecule has 0 bridgehead atoms. The number of aliphatic hydroxyl groups excluding tert-OH is 1. The quantitative estimate of drug-likeness (QED) is 0.433. The lowest BCUT2D eigenvalue weighted by molar-refractivity contribution is -0.385. The summed E-state index contributed by atoms with van der Waals surface area (Å²) in [5.74, 6) is -1.36. The summed E-state index contributed by atoms with van der Waals surface area (Å²) in [7, 11) is 0. The molecule has 0 fully saturated rings. The number of hydrogen-bond acceptors (Lipinski definition) is 5. The minimum atomic E-state index is -1.36. The Morgan fingerprint density at radius 1 is 1.50 bits per heavy atom. The molecule has 0 aliphatic heterocycles. The van der Waals surface area contributed by atoms with Crippen molar-refractivity contribution in [3.8, 4) is 0 Å². The first-order chi connectivity index (χ1) is 7.54. The Morgan fingerprint density at radius 2 is 2.19 bits per heavy atom. The second-order valence-corrected chi connectivity index (χ2v) is 2.96. The van der Waals surface area contributed by atoms with Crippen LogP contribution in [0, 0.1) is 10.1 Å². The fraction of sp³-hybridized carbons (Fsp3) is 0.100. The summed E-state index contributed by atoms with van der Waals surface area (Å²) in [5.41, 5.74) is 0.373. The number of aliphatic carboxylic acids is 1. The lowest BCUT2D eigenvalue weighted by Gasteiger charge is -2.01. The van der Waals surface area contributed by atoms with Gasteiger partial charge in [-0.15, -0.1) is 0 Å². The first kappa shape index (κ1) is 11.9. The van der Waals surface area contributed by atoms with Gasteiger partial charge < -0.3 is 15.0 Å². The van der Waals surface area contributed by atoms with Crippen LogP contribution in [0.25, 0.3) is 6.08 Å². The Balaban J connectivity index is 3.09. The lowest BCUT2D eigenvalue weighted by atomic mass is 10.1. The van der Waals surface area contributed by atoms with Gasteiger partial charge in [-0.1, -0.05) is 6.08 Å². The highest BCUT2D eigenvalue weighted by atomic mass is 16.6. The van der Waals surface area contributed by atoms with E-state index < -0.39 is 17.5 Å². The highest BCUT2D eigenvalue weighted by molar-refractivity contribution is 5.83. The van der Waals surface area contributed by atoms with Crippen molar-refractivity contribution in [2.75, 3.05) is 0 Å². The van der Waals surface area contributed by atoms with E-state index in [0.717, 1.165) is 6.08 Å². The number of aliphatic hydroxyl groups is 1. The fourth-order valence-electron chi connectivity index (χ4n) is 1.18. The third-order valence-electron chi connectivity index (χ3n) is 1.88. The number of nitro benzene ring substituents is 1. The molecule has 1 aromatic carbocycles. The van der Waals surface area contributed by atoms with E-state index in [1.165, 1.54) is 24.3 Å². The van der Waals surface area contributed by atoms with Crippen molar-refractivity contribution in [3.05, 3.63) is 45.5 Å². The number of carbonyl (C=O) groups is 1. The average Bonchev–Trinajstić information content (AvgIpc) is 2.25. The third-order valence-corrected chi connectivity index (χ3v) is 1.88. The Labute approximate surface area is 90.6 Å². The zero-order chi connectivity index (χ0) is 12.1. The summed E-state index contributed by atoms with van der Waals surface area (Å²) >= 11 is 0. The van der Waals surface area contributed by atoms with Crippen molar-refractivity contribution < 1.29 is 19.9 Å². The van der Waals surface area contributed by atoms with Crippen molar-refractivity contribution in [3.63, 3.8) is 0 Å². The number of benzene rings is 1. The normalized spacial score (nSPS) is 10.6. The molecule has 0 saturated carbocycles. The van der Waals surface area contributed by atoms with Crippen LogP contribution >= 0.6 is 0 Å². The average molecular weight is 222 g/mol. The maximum Gasteiger partial charge on any atom is 0.274 e. The number of carboxylic acid groups (broad SMARTS) is 1. The summed E-state index contributed by atoms with van der Waals surface area (Å²) in [5, 5.41) is 29.6. The van der Waals surface area contributed by atoms with Crippen LogP contribution < -0.4 is 5.11 Å². The number of rotatable bonds is 4. The summed E-state index contributed by atoms with van der Waals surface area (Å²) in [6.07, 6.45) is 2.04. The van der Waals surface area contributed by atoms with Crippen LogP contribution in [0.1, 0.15) is 11.1 Å². The fourth-order valence-corrected chi connectivity index (χ4v) is 1.18. The van der Waals surface area contributed by atoms with Gasteiger partial charge in [0.25, 0.3) is 5.69 Å². The summed E-state index contributed by atoms with van der Waals surface area (Å²) < 4.78 is 0. The molecule has 6 heteroatoms. The van der Waals surface area contributed by atoms with Gasteiger partial charge in [0, 0.05) is 6.07 Å².